The minimum absolute atomic E-state index is 0.168. The number of halogens is 1. The standard InChI is InChI=1S/C30H30FNO6S/c1-5-6-8-22-18-25(33)29(30(34)32(22)28-26(37-3)9-7-10-27(28)38-4)39(35,36)23-14-11-20(12-15-23)24-16-13-21(31)17-19(24)2/h7,9-18,33H,5-6,8H2,1-4H3. The largest absolute Gasteiger partial charge is 0.506 e. The normalized spacial score (nSPS) is 11.4. The molecule has 0 saturated heterocycles. The number of para-hydroxylation sites is 1. The van der Waals surface area contributed by atoms with E-state index in [9.17, 15) is 22.7 Å². The lowest BCUT2D eigenvalue weighted by molar-refractivity contribution is 0.388. The second kappa shape index (κ2) is 11.3. The van der Waals surface area contributed by atoms with Crippen LogP contribution in [0.4, 0.5) is 4.39 Å². The number of unbranched alkanes of at least 4 members (excludes halogenated alkanes) is 1. The van der Waals surface area contributed by atoms with Gasteiger partial charge >= 0.3 is 0 Å². The molecule has 0 aliphatic heterocycles. The van der Waals surface area contributed by atoms with E-state index in [-0.39, 0.29) is 16.4 Å². The molecule has 0 aliphatic carbocycles. The number of methoxy groups -OCH3 is 2. The second-order valence-corrected chi connectivity index (χ2v) is 11.0. The van der Waals surface area contributed by atoms with Crippen LogP contribution in [-0.2, 0) is 16.3 Å². The summed E-state index contributed by atoms with van der Waals surface area (Å²) in [5.74, 6) is -0.379. The molecule has 1 aromatic heterocycles. The molecule has 39 heavy (non-hydrogen) atoms. The molecule has 4 rings (SSSR count). The summed E-state index contributed by atoms with van der Waals surface area (Å²) in [7, 11) is -1.56. The van der Waals surface area contributed by atoms with Gasteiger partial charge in [-0.3, -0.25) is 9.36 Å². The molecule has 4 aromatic rings. The van der Waals surface area contributed by atoms with Crippen molar-refractivity contribution in [3.8, 4) is 34.1 Å². The maximum absolute atomic E-state index is 14.0. The number of hydrogen-bond donors (Lipinski definition) is 1. The molecule has 0 atom stereocenters. The Bertz CT molecular complexity index is 1660. The number of pyridine rings is 1. The first-order valence-corrected chi connectivity index (χ1v) is 13.9. The highest BCUT2D eigenvalue weighted by atomic mass is 32.2. The molecule has 0 unspecified atom stereocenters. The monoisotopic (exact) mass is 551 g/mol. The first-order valence-electron chi connectivity index (χ1n) is 12.4. The zero-order valence-corrected chi connectivity index (χ0v) is 23.0. The fraction of sp³-hybridized carbons (Fsp3) is 0.233. The number of ether oxygens (including phenoxy) is 2. The van der Waals surface area contributed by atoms with Gasteiger partial charge in [-0.1, -0.05) is 37.6 Å². The van der Waals surface area contributed by atoms with Gasteiger partial charge in [-0.25, -0.2) is 12.8 Å². The Morgan fingerprint density at radius 1 is 0.949 bits per heavy atom. The van der Waals surface area contributed by atoms with E-state index in [1.165, 1.54) is 49.1 Å². The molecule has 0 bridgehead atoms. The molecule has 204 valence electrons. The van der Waals surface area contributed by atoms with Crippen LogP contribution < -0.4 is 15.0 Å². The second-order valence-electron chi connectivity index (χ2n) is 9.09. The van der Waals surface area contributed by atoms with E-state index >= 15 is 0 Å². The van der Waals surface area contributed by atoms with Gasteiger partial charge in [-0.05, 0) is 72.9 Å². The molecule has 0 radical (unpaired) electrons. The predicted octanol–water partition coefficient (Wildman–Crippen LogP) is 5.85. The predicted molar refractivity (Wildman–Crippen MR) is 147 cm³/mol. The highest BCUT2D eigenvalue weighted by molar-refractivity contribution is 7.91. The van der Waals surface area contributed by atoms with E-state index in [1.807, 2.05) is 6.92 Å². The van der Waals surface area contributed by atoms with Crippen molar-refractivity contribution in [2.45, 2.75) is 42.9 Å². The molecule has 0 spiro atoms. The van der Waals surface area contributed by atoms with Crippen molar-refractivity contribution >= 4 is 9.84 Å². The van der Waals surface area contributed by atoms with E-state index < -0.39 is 26.0 Å². The van der Waals surface area contributed by atoms with Crippen molar-refractivity contribution < 1.29 is 27.4 Å². The summed E-state index contributed by atoms with van der Waals surface area (Å²) < 4.78 is 53.3. The molecule has 7 nitrogen and oxygen atoms in total. The zero-order chi connectivity index (χ0) is 28.3. The zero-order valence-electron chi connectivity index (χ0n) is 22.2. The third-order valence-electron chi connectivity index (χ3n) is 6.57. The van der Waals surface area contributed by atoms with E-state index in [4.69, 9.17) is 9.47 Å². The molecule has 0 amide bonds. The van der Waals surface area contributed by atoms with Gasteiger partial charge < -0.3 is 14.6 Å². The number of benzene rings is 3. The Morgan fingerprint density at radius 3 is 2.15 bits per heavy atom. The lowest BCUT2D eigenvalue weighted by Gasteiger charge is -2.20. The summed E-state index contributed by atoms with van der Waals surface area (Å²) >= 11 is 0. The molecule has 0 saturated carbocycles. The van der Waals surface area contributed by atoms with Crippen molar-refractivity contribution in [3.63, 3.8) is 0 Å². The van der Waals surface area contributed by atoms with Crippen molar-refractivity contribution in [2.24, 2.45) is 0 Å². The van der Waals surface area contributed by atoms with Gasteiger partial charge in [0.05, 0.1) is 19.1 Å². The van der Waals surface area contributed by atoms with Gasteiger partial charge in [0.25, 0.3) is 5.56 Å². The van der Waals surface area contributed by atoms with Crippen LogP contribution in [0, 0.1) is 12.7 Å². The molecular formula is C30H30FNO6S. The fourth-order valence-corrected chi connectivity index (χ4v) is 5.99. The quantitative estimate of drug-likeness (QED) is 0.280. The minimum Gasteiger partial charge on any atom is -0.506 e. The van der Waals surface area contributed by atoms with Gasteiger partial charge in [-0.15, -0.1) is 0 Å². The average molecular weight is 552 g/mol. The van der Waals surface area contributed by atoms with Crippen LogP contribution in [0.1, 0.15) is 31.0 Å². The fourth-order valence-electron chi connectivity index (χ4n) is 4.60. The summed E-state index contributed by atoms with van der Waals surface area (Å²) in [6, 6.07) is 16.5. The van der Waals surface area contributed by atoms with Crippen LogP contribution in [0.5, 0.6) is 17.2 Å². The van der Waals surface area contributed by atoms with Gasteiger partial charge in [0, 0.05) is 11.8 Å². The molecule has 1 N–H and O–H groups in total. The Morgan fingerprint density at radius 2 is 1.59 bits per heavy atom. The Hall–Kier alpha value is -4.11. The van der Waals surface area contributed by atoms with Gasteiger partial charge in [0.2, 0.25) is 9.84 Å². The maximum atomic E-state index is 14.0. The van der Waals surface area contributed by atoms with E-state index in [0.29, 0.717) is 41.2 Å². The number of nitrogens with zero attached hydrogens (tertiary/aromatic N) is 1. The molecule has 1 heterocycles. The van der Waals surface area contributed by atoms with Crippen LogP contribution in [-0.4, -0.2) is 32.3 Å². The van der Waals surface area contributed by atoms with E-state index in [0.717, 1.165) is 12.0 Å². The molecule has 3 aromatic carbocycles. The van der Waals surface area contributed by atoms with Gasteiger partial charge in [0.1, 0.15) is 28.8 Å². The maximum Gasteiger partial charge on any atom is 0.278 e. The Labute approximate surface area is 227 Å². The topological polar surface area (TPSA) is 94.8 Å². The van der Waals surface area contributed by atoms with Crippen molar-refractivity contribution in [1.29, 1.82) is 0 Å². The first kappa shape index (κ1) is 27.9. The van der Waals surface area contributed by atoms with Crippen LogP contribution in [0.3, 0.4) is 0 Å². The van der Waals surface area contributed by atoms with Crippen molar-refractivity contribution in [1.82, 2.24) is 4.57 Å². The number of aromatic hydroxyl groups is 1. The number of sulfone groups is 1. The highest BCUT2D eigenvalue weighted by Gasteiger charge is 2.30. The number of rotatable bonds is 9. The van der Waals surface area contributed by atoms with E-state index in [2.05, 4.69) is 0 Å². The van der Waals surface area contributed by atoms with Crippen molar-refractivity contribution in [2.75, 3.05) is 14.2 Å². The third-order valence-corrected chi connectivity index (χ3v) is 8.38. The minimum atomic E-state index is -4.45. The number of aryl methyl sites for hydroxylation is 2. The van der Waals surface area contributed by atoms with Crippen molar-refractivity contribution in [3.05, 3.63) is 94.2 Å². The summed E-state index contributed by atoms with van der Waals surface area (Å²) in [6.45, 7) is 3.75. The van der Waals surface area contributed by atoms with Crippen LogP contribution >= 0.6 is 0 Å². The van der Waals surface area contributed by atoms with Gasteiger partial charge in [-0.2, -0.15) is 0 Å². The van der Waals surface area contributed by atoms with E-state index in [1.54, 1.807) is 43.3 Å². The molecule has 9 heteroatoms. The molecule has 0 fully saturated rings. The van der Waals surface area contributed by atoms with Gasteiger partial charge in [0.15, 0.2) is 4.90 Å². The SMILES string of the molecule is CCCCc1cc(O)c(S(=O)(=O)c2ccc(-c3ccc(F)cc3C)cc2)c(=O)n1-c1c(OC)cccc1OC. The lowest BCUT2D eigenvalue weighted by atomic mass is 10.0. The Kier molecular flexibility index (Phi) is 8.11. The van der Waals surface area contributed by atoms with Crippen LogP contribution in [0.15, 0.2) is 81.3 Å². The summed E-state index contributed by atoms with van der Waals surface area (Å²) in [5.41, 5.74) is 1.87. The lowest BCUT2D eigenvalue weighted by Crippen LogP contribution is -2.28. The molecule has 0 aliphatic rings. The van der Waals surface area contributed by atoms with Crippen LogP contribution in [0.2, 0.25) is 0 Å². The van der Waals surface area contributed by atoms with Crippen LogP contribution in [0.25, 0.3) is 16.8 Å². The summed E-state index contributed by atoms with van der Waals surface area (Å²) in [5, 5.41) is 10.9. The summed E-state index contributed by atoms with van der Waals surface area (Å²) in [4.78, 5) is 13.1. The smallest absolute Gasteiger partial charge is 0.278 e. The first-order chi connectivity index (χ1) is 18.6. The third kappa shape index (κ3) is 5.27. The number of aromatic nitrogens is 1. The Balaban J connectivity index is 1.92. The summed E-state index contributed by atoms with van der Waals surface area (Å²) in [6.07, 6.45) is 1.93. The average Bonchev–Trinajstić information content (AvgIpc) is 2.91. The molecular weight excluding hydrogens is 521 g/mol. The number of hydrogen-bond acceptors (Lipinski definition) is 6. The highest BCUT2D eigenvalue weighted by Crippen LogP contribution is 2.36.